The third-order valence-electron chi connectivity index (χ3n) is 5.00. The number of hydrogen-bond acceptors (Lipinski definition) is 6. The van der Waals surface area contributed by atoms with Crippen LogP contribution in [0.4, 0.5) is 0 Å². The number of fused-ring (bicyclic) bond motifs is 1. The third-order valence-corrected chi connectivity index (χ3v) is 6.48. The molecule has 2 fully saturated rings. The van der Waals surface area contributed by atoms with E-state index in [4.69, 9.17) is 10.3 Å². The van der Waals surface area contributed by atoms with Crippen molar-refractivity contribution in [2.45, 2.75) is 43.8 Å². The first-order chi connectivity index (χ1) is 11.9. The van der Waals surface area contributed by atoms with Crippen LogP contribution in [0.25, 0.3) is 10.4 Å². The highest BCUT2D eigenvalue weighted by atomic mass is 32.2. The topological polar surface area (TPSA) is 136 Å². The van der Waals surface area contributed by atoms with Crippen LogP contribution in [0, 0.1) is 11.8 Å². The molecule has 0 saturated carbocycles. The van der Waals surface area contributed by atoms with Crippen molar-refractivity contribution in [3.63, 3.8) is 0 Å². The molecular formula is C15H20N4O5S. The fraction of sp³-hybridized carbons (Fsp3) is 0.733. The van der Waals surface area contributed by atoms with Gasteiger partial charge in [-0.3, -0.25) is 4.79 Å². The molecule has 0 spiro atoms. The van der Waals surface area contributed by atoms with E-state index in [1.54, 1.807) is 6.92 Å². The number of carbonyl (C=O) groups is 2. The average Bonchev–Trinajstić information content (AvgIpc) is 3.08. The molecule has 136 valence electrons. The Morgan fingerprint density at radius 1 is 1.60 bits per heavy atom. The Labute approximate surface area is 148 Å². The summed E-state index contributed by atoms with van der Waals surface area (Å²) in [7, 11) is 0. The van der Waals surface area contributed by atoms with Gasteiger partial charge in [-0.2, -0.15) is 0 Å². The van der Waals surface area contributed by atoms with Crippen molar-refractivity contribution in [2.24, 2.45) is 17.0 Å². The number of hydrogen-bond donors (Lipinski definition) is 2. The van der Waals surface area contributed by atoms with Gasteiger partial charge in [0, 0.05) is 21.0 Å². The highest BCUT2D eigenvalue weighted by Crippen LogP contribution is 2.52. The Hall–Kier alpha value is -1.74. The van der Waals surface area contributed by atoms with Gasteiger partial charge in [-0.25, -0.2) is 4.79 Å². The number of carbonyl (C=O) groups excluding carboxylic acids is 1. The van der Waals surface area contributed by atoms with Crippen molar-refractivity contribution < 1.29 is 24.5 Å². The van der Waals surface area contributed by atoms with E-state index >= 15 is 0 Å². The van der Waals surface area contributed by atoms with E-state index in [2.05, 4.69) is 10.0 Å². The van der Waals surface area contributed by atoms with Crippen LogP contribution in [0.5, 0.6) is 0 Å². The summed E-state index contributed by atoms with van der Waals surface area (Å²) in [5.74, 6) is -2.16. The second-order valence-corrected chi connectivity index (χ2v) is 7.96. The maximum atomic E-state index is 12.3. The van der Waals surface area contributed by atoms with Crippen molar-refractivity contribution in [2.75, 3.05) is 13.2 Å². The van der Waals surface area contributed by atoms with Crippen molar-refractivity contribution in [1.29, 1.82) is 0 Å². The maximum absolute atomic E-state index is 12.3. The molecule has 6 atom stereocenters. The van der Waals surface area contributed by atoms with E-state index in [0.717, 1.165) is 0 Å². The van der Waals surface area contributed by atoms with Gasteiger partial charge in [0.2, 0.25) is 5.91 Å². The second-order valence-electron chi connectivity index (χ2n) is 6.62. The third kappa shape index (κ3) is 2.99. The Kier molecular flexibility index (Phi) is 4.97. The summed E-state index contributed by atoms with van der Waals surface area (Å²) in [6.07, 6.45) is -0.313. The maximum Gasteiger partial charge on any atom is 0.353 e. The summed E-state index contributed by atoms with van der Waals surface area (Å²) in [5, 5.41) is 23.0. The first kappa shape index (κ1) is 18.1. The number of β-lactam (4-membered cyclic amide) rings is 1. The van der Waals surface area contributed by atoms with Crippen LogP contribution in [0.2, 0.25) is 0 Å². The van der Waals surface area contributed by atoms with Gasteiger partial charge in [0.15, 0.2) is 0 Å². The minimum atomic E-state index is -1.13. The number of rotatable bonds is 6. The summed E-state index contributed by atoms with van der Waals surface area (Å²) < 4.78 is 5.58. The Morgan fingerprint density at radius 2 is 2.32 bits per heavy atom. The number of amides is 1. The molecule has 3 aliphatic heterocycles. The van der Waals surface area contributed by atoms with Gasteiger partial charge in [0.1, 0.15) is 5.70 Å². The van der Waals surface area contributed by atoms with Crippen LogP contribution in [0.15, 0.2) is 15.7 Å². The van der Waals surface area contributed by atoms with Crippen LogP contribution >= 0.6 is 11.8 Å². The van der Waals surface area contributed by atoms with Crippen molar-refractivity contribution in [3.8, 4) is 0 Å². The quantitative estimate of drug-likeness (QED) is 0.314. The average molecular weight is 368 g/mol. The molecule has 2 N–H and O–H groups in total. The zero-order valence-corrected chi connectivity index (χ0v) is 14.7. The molecule has 3 rings (SSSR count). The first-order valence-corrected chi connectivity index (χ1v) is 9.02. The van der Waals surface area contributed by atoms with Crippen molar-refractivity contribution in [1.82, 2.24) is 4.90 Å². The molecule has 2 saturated heterocycles. The predicted octanol–water partition coefficient (Wildman–Crippen LogP) is 1.34. The van der Waals surface area contributed by atoms with Gasteiger partial charge in [-0.05, 0) is 18.9 Å². The predicted molar refractivity (Wildman–Crippen MR) is 89.4 cm³/mol. The molecule has 0 aromatic carbocycles. The highest BCUT2D eigenvalue weighted by Gasteiger charge is 2.60. The molecule has 3 heterocycles. The second kappa shape index (κ2) is 6.87. The van der Waals surface area contributed by atoms with Crippen LogP contribution in [-0.4, -0.2) is 63.6 Å². The lowest BCUT2D eigenvalue weighted by Gasteiger charge is -2.46. The lowest BCUT2D eigenvalue weighted by molar-refractivity contribution is -0.163. The number of carboxylic acids is 1. The van der Waals surface area contributed by atoms with Crippen LogP contribution in [0.1, 0.15) is 20.3 Å². The van der Waals surface area contributed by atoms with E-state index in [0.29, 0.717) is 17.9 Å². The molecule has 9 nitrogen and oxygen atoms in total. The molecule has 6 unspecified atom stereocenters. The zero-order valence-electron chi connectivity index (χ0n) is 13.9. The number of carboxylic acid groups (broad SMARTS) is 1. The van der Waals surface area contributed by atoms with Crippen LogP contribution < -0.4 is 0 Å². The molecule has 0 aliphatic carbocycles. The van der Waals surface area contributed by atoms with Gasteiger partial charge >= 0.3 is 5.97 Å². The normalized spacial score (nSPS) is 35.2. The van der Waals surface area contributed by atoms with Gasteiger partial charge in [0.25, 0.3) is 0 Å². The number of nitrogens with zero attached hydrogens (tertiary/aromatic N) is 4. The monoisotopic (exact) mass is 368 g/mol. The van der Waals surface area contributed by atoms with E-state index in [1.165, 1.54) is 16.7 Å². The Morgan fingerprint density at radius 3 is 2.92 bits per heavy atom. The summed E-state index contributed by atoms with van der Waals surface area (Å²) in [4.78, 5) is 28.7. The number of aliphatic hydroxyl groups is 1. The van der Waals surface area contributed by atoms with Crippen molar-refractivity contribution in [3.05, 3.63) is 21.0 Å². The molecule has 0 aromatic heterocycles. The number of azide groups is 1. The minimum Gasteiger partial charge on any atom is -0.477 e. The number of thioether (sulfide) groups is 1. The molecule has 0 radical (unpaired) electrons. The lowest BCUT2D eigenvalue weighted by atomic mass is 9.79. The smallest absolute Gasteiger partial charge is 0.353 e. The molecule has 25 heavy (non-hydrogen) atoms. The lowest BCUT2D eigenvalue weighted by Crippen LogP contribution is -2.63. The summed E-state index contributed by atoms with van der Waals surface area (Å²) in [5.41, 5.74) is 8.41. The standard InChI is InChI=1S/C15H20N4O5S/c1-6-11-10(7(2)20)14(21)19(11)12(15(22)23)13(6)25-9-3-8(24-5-9)4-17-18-16/h6-11,20H,3-5H2,1-2H3,(H,22,23). The van der Waals surface area contributed by atoms with Gasteiger partial charge in [0.05, 0.1) is 37.3 Å². The molecule has 3 aliphatic rings. The fourth-order valence-electron chi connectivity index (χ4n) is 3.87. The number of aliphatic carboxylic acids is 1. The molecule has 0 bridgehead atoms. The minimum absolute atomic E-state index is 0.0305. The summed E-state index contributed by atoms with van der Waals surface area (Å²) >= 11 is 1.42. The fourth-order valence-corrected chi connectivity index (χ4v) is 5.34. The van der Waals surface area contributed by atoms with E-state index < -0.39 is 18.0 Å². The van der Waals surface area contributed by atoms with Gasteiger partial charge < -0.3 is 19.8 Å². The SMILES string of the molecule is CC(O)C1C(=O)N2C(C(=O)O)=C(SC3COC(CN=[N+]=[N-])C3)C(C)C12. The highest BCUT2D eigenvalue weighted by molar-refractivity contribution is 8.03. The van der Waals surface area contributed by atoms with E-state index in [1.807, 2.05) is 6.92 Å². The summed E-state index contributed by atoms with van der Waals surface area (Å²) in [6, 6.07) is -0.303. The molecule has 10 heteroatoms. The van der Waals surface area contributed by atoms with Crippen molar-refractivity contribution >= 4 is 23.6 Å². The van der Waals surface area contributed by atoms with Crippen LogP contribution in [0.3, 0.4) is 0 Å². The molecule has 0 aromatic rings. The van der Waals surface area contributed by atoms with Gasteiger partial charge in [-0.1, -0.05) is 12.0 Å². The van der Waals surface area contributed by atoms with E-state index in [-0.39, 0.29) is 41.5 Å². The molecule has 1 amide bonds. The van der Waals surface area contributed by atoms with Gasteiger partial charge in [-0.15, -0.1) is 11.8 Å². The molecular weight excluding hydrogens is 348 g/mol. The Bertz CT molecular complexity index is 675. The van der Waals surface area contributed by atoms with E-state index in [9.17, 15) is 19.8 Å². The zero-order chi connectivity index (χ0) is 18.3. The first-order valence-electron chi connectivity index (χ1n) is 8.14. The largest absolute Gasteiger partial charge is 0.477 e. The summed E-state index contributed by atoms with van der Waals surface area (Å²) in [6.45, 7) is 4.15. The number of aliphatic hydroxyl groups excluding tert-OH is 1. The Balaban J connectivity index is 1.77. The number of ether oxygens (including phenoxy) is 1. The van der Waals surface area contributed by atoms with Crippen LogP contribution in [-0.2, 0) is 14.3 Å².